The molecule has 7 heteroatoms. The summed E-state index contributed by atoms with van der Waals surface area (Å²) in [6, 6.07) is 6.15. The molecule has 3 N–H and O–H groups in total. The van der Waals surface area contributed by atoms with Crippen molar-refractivity contribution in [2.24, 2.45) is 11.8 Å². The fourth-order valence-corrected chi connectivity index (χ4v) is 4.39. The zero-order chi connectivity index (χ0) is 17.4. The Morgan fingerprint density at radius 3 is 3.04 bits per heavy atom. The molecule has 3 aliphatic rings. The van der Waals surface area contributed by atoms with Gasteiger partial charge in [-0.2, -0.15) is 0 Å². The second kappa shape index (κ2) is 6.99. The van der Waals surface area contributed by atoms with Gasteiger partial charge in [-0.3, -0.25) is 4.79 Å². The van der Waals surface area contributed by atoms with Crippen LogP contribution in [0, 0.1) is 17.7 Å². The van der Waals surface area contributed by atoms with E-state index >= 15 is 0 Å². The van der Waals surface area contributed by atoms with Crippen molar-refractivity contribution in [3.63, 3.8) is 0 Å². The highest BCUT2D eigenvalue weighted by Crippen LogP contribution is 2.43. The van der Waals surface area contributed by atoms with Gasteiger partial charge < -0.3 is 14.8 Å². The first kappa shape index (κ1) is 16.9. The van der Waals surface area contributed by atoms with Gasteiger partial charge in [0.2, 0.25) is 5.91 Å². The summed E-state index contributed by atoms with van der Waals surface area (Å²) >= 11 is 0. The van der Waals surface area contributed by atoms with Crippen molar-refractivity contribution in [3.05, 3.63) is 35.6 Å². The average molecular weight is 349 g/mol. The first-order valence-electron chi connectivity index (χ1n) is 8.85. The number of benzene rings is 1. The Bertz CT molecular complexity index is 644. The van der Waals surface area contributed by atoms with E-state index < -0.39 is 0 Å². The van der Waals surface area contributed by atoms with E-state index in [9.17, 15) is 9.18 Å². The number of methoxy groups -OCH3 is 1. The molecule has 1 amide bonds. The van der Waals surface area contributed by atoms with Gasteiger partial charge in [0.05, 0.1) is 18.8 Å². The maximum Gasteiger partial charge on any atom is 0.238 e. The van der Waals surface area contributed by atoms with Crippen LogP contribution in [0.15, 0.2) is 24.3 Å². The van der Waals surface area contributed by atoms with E-state index in [1.165, 1.54) is 6.07 Å². The van der Waals surface area contributed by atoms with E-state index in [1.54, 1.807) is 25.3 Å². The number of carbonyl (C=O) groups is 1. The summed E-state index contributed by atoms with van der Waals surface area (Å²) in [5.74, 6) is 0.273. The van der Waals surface area contributed by atoms with Crippen molar-refractivity contribution >= 4 is 5.91 Å². The summed E-state index contributed by atoms with van der Waals surface area (Å²) in [6.07, 6.45) is 1.69. The second-order valence-electron chi connectivity index (χ2n) is 7.09. The Hall–Kier alpha value is -1.54. The van der Waals surface area contributed by atoms with E-state index in [1.807, 2.05) is 0 Å². The van der Waals surface area contributed by atoms with Crippen molar-refractivity contribution in [3.8, 4) is 0 Å². The lowest BCUT2D eigenvalue weighted by molar-refractivity contribution is -0.131. The Morgan fingerprint density at radius 2 is 2.24 bits per heavy atom. The van der Waals surface area contributed by atoms with Gasteiger partial charge in [0.1, 0.15) is 11.9 Å². The first-order valence-corrected chi connectivity index (χ1v) is 8.85. The summed E-state index contributed by atoms with van der Waals surface area (Å²) < 4.78 is 25.0. The summed E-state index contributed by atoms with van der Waals surface area (Å²) in [5, 5.41) is 3.16. The standard InChI is InChI=1S/C18H24FN3O3/c1-24-9-12-16(11-6-7-25-17(11)12)20-18(23)15-8-14(21-22-15)10-4-2-3-5-13(10)19/h2-5,11-12,14-17,21-22H,6-9H2,1H3,(H,20,23)/t11-,12+,14?,15?,16-,17-/m1/s1. The second-order valence-corrected chi connectivity index (χ2v) is 7.09. The van der Waals surface area contributed by atoms with E-state index in [0.29, 0.717) is 24.5 Å². The van der Waals surface area contributed by atoms with E-state index in [2.05, 4.69) is 16.2 Å². The number of hydrogen-bond acceptors (Lipinski definition) is 5. The van der Waals surface area contributed by atoms with Crippen LogP contribution in [0.25, 0.3) is 0 Å². The van der Waals surface area contributed by atoms with Gasteiger partial charge in [-0.05, 0) is 18.9 Å². The molecular weight excluding hydrogens is 325 g/mol. The zero-order valence-electron chi connectivity index (χ0n) is 14.2. The van der Waals surface area contributed by atoms with Crippen molar-refractivity contribution in [2.45, 2.75) is 37.1 Å². The minimum atomic E-state index is -0.380. The van der Waals surface area contributed by atoms with E-state index in [4.69, 9.17) is 9.47 Å². The highest BCUT2D eigenvalue weighted by atomic mass is 19.1. The number of fused-ring (bicyclic) bond motifs is 1. The summed E-state index contributed by atoms with van der Waals surface area (Å²) in [6.45, 7) is 1.33. The van der Waals surface area contributed by atoms with Crippen LogP contribution in [-0.2, 0) is 14.3 Å². The fraction of sp³-hybridized carbons (Fsp3) is 0.611. The molecule has 0 spiro atoms. The molecule has 2 aliphatic heterocycles. The molecule has 0 radical (unpaired) electrons. The minimum absolute atomic E-state index is 0.0530. The normalized spacial score (nSPS) is 36.7. The fourth-order valence-electron chi connectivity index (χ4n) is 4.39. The van der Waals surface area contributed by atoms with Crippen LogP contribution in [0.5, 0.6) is 0 Å². The van der Waals surface area contributed by atoms with Crippen LogP contribution in [0.2, 0.25) is 0 Å². The Kier molecular flexibility index (Phi) is 4.73. The summed E-state index contributed by atoms with van der Waals surface area (Å²) in [7, 11) is 1.67. The Balaban J connectivity index is 1.37. The molecular formula is C18H24FN3O3. The van der Waals surface area contributed by atoms with E-state index in [-0.39, 0.29) is 41.9 Å². The molecule has 2 heterocycles. The number of nitrogens with one attached hydrogen (secondary N) is 3. The number of rotatable bonds is 5. The molecule has 1 saturated carbocycles. The average Bonchev–Trinajstić information content (AvgIpc) is 3.25. The SMILES string of the molecule is COC[C@H]1[C@H](NC(=O)C2CC(c3ccccc3F)NN2)[C@H]2CCO[C@H]21. The first-order chi connectivity index (χ1) is 12.2. The maximum atomic E-state index is 13.9. The highest BCUT2D eigenvalue weighted by Gasteiger charge is 2.54. The van der Waals surface area contributed by atoms with Gasteiger partial charge in [0.15, 0.2) is 0 Å². The lowest BCUT2D eigenvalue weighted by atomic mass is 9.67. The van der Waals surface area contributed by atoms with Crippen molar-refractivity contribution in [2.75, 3.05) is 20.3 Å². The Morgan fingerprint density at radius 1 is 1.40 bits per heavy atom. The molecule has 0 bridgehead atoms. The number of hydrazine groups is 1. The van der Waals surface area contributed by atoms with Crippen LogP contribution < -0.4 is 16.2 Å². The maximum absolute atomic E-state index is 13.9. The molecule has 2 unspecified atom stereocenters. The topological polar surface area (TPSA) is 71.6 Å². The van der Waals surface area contributed by atoms with Crippen LogP contribution in [0.3, 0.4) is 0 Å². The van der Waals surface area contributed by atoms with Crippen LogP contribution in [0.1, 0.15) is 24.4 Å². The van der Waals surface area contributed by atoms with Crippen molar-refractivity contribution in [1.82, 2.24) is 16.2 Å². The van der Waals surface area contributed by atoms with Gasteiger partial charge in [-0.25, -0.2) is 15.2 Å². The van der Waals surface area contributed by atoms with Gasteiger partial charge in [0, 0.05) is 37.2 Å². The van der Waals surface area contributed by atoms with E-state index in [0.717, 1.165) is 13.0 Å². The van der Waals surface area contributed by atoms with Crippen LogP contribution in [-0.4, -0.2) is 44.4 Å². The molecule has 2 saturated heterocycles. The quantitative estimate of drug-likeness (QED) is 0.737. The Labute approximate surface area is 146 Å². The highest BCUT2D eigenvalue weighted by molar-refractivity contribution is 5.82. The zero-order valence-corrected chi connectivity index (χ0v) is 14.2. The molecule has 1 aromatic rings. The smallest absolute Gasteiger partial charge is 0.238 e. The number of halogens is 1. The van der Waals surface area contributed by atoms with Gasteiger partial charge in [-0.15, -0.1) is 0 Å². The predicted molar refractivity (Wildman–Crippen MR) is 89.0 cm³/mol. The third kappa shape index (κ3) is 3.06. The molecule has 6 nitrogen and oxygen atoms in total. The molecule has 3 fully saturated rings. The lowest BCUT2D eigenvalue weighted by Gasteiger charge is -2.47. The van der Waals surface area contributed by atoms with Crippen molar-refractivity contribution in [1.29, 1.82) is 0 Å². The molecule has 1 aliphatic carbocycles. The number of carbonyl (C=O) groups excluding carboxylic acids is 1. The van der Waals surface area contributed by atoms with Gasteiger partial charge in [-0.1, -0.05) is 18.2 Å². The summed E-state index contributed by atoms with van der Waals surface area (Å²) in [4.78, 5) is 12.7. The monoisotopic (exact) mass is 349 g/mol. The van der Waals surface area contributed by atoms with Crippen molar-refractivity contribution < 1.29 is 18.7 Å². The summed E-state index contributed by atoms with van der Waals surface area (Å²) in [5.41, 5.74) is 6.62. The number of hydrogen-bond donors (Lipinski definition) is 3. The van der Waals surface area contributed by atoms with Crippen LogP contribution in [0.4, 0.5) is 4.39 Å². The third-order valence-corrected chi connectivity index (χ3v) is 5.70. The largest absolute Gasteiger partial charge is 0.384 e. The number of ether oxygens (including phenoxy) is 2. The van der Waals surface area contributed by atoms with Gasteiger partial charge >= 0.3 is 0 Å². The third-order valence-electron chi connectivity index (χ3n) is 5.70. The lowest BCUT2D eigenvalue weighted by Crippen LogP contribution is -2.64. The predicted octanol–water partition coefficient (Wildman–Crippen LogP) is 0.899. The molecule has 6 atom stereocenters. The molecule has 1 aromatic carbocycles. The molecule has 4 rings (SSSR count). The molecule has 136 valence electrons. The van der Waals surface area contributed by atoms with Crippen LogP contribution >= 0.6 is 0 Å². The molecule has 25 heavy (non-hydrogen) atoms. The minimum Gasteiger partial charge on any atom is -0.384 e. The number of amides is 1. The molecule has 0 aromatic heterocycles. The van der Waals surface area contributed by atoms with Gasteiger partial charge in [0.25, 0.3) is 0 Å².